The van der Waals surface area contributed by atoms with Crippen molar-refractivity contribution in [2.24, 2.45) is 5.73 Å². The number of aliphatic carboxylic acids is 1. The maximum atomic E-state index is 12.7. The lowest BCUT2D eigenvalue weighted by atomic mass is 10.0. The maximum Gasteiger partial charge on any atom is 0.350 e. The molecule has 0 bridgehead atoms. The summed E-state index contributed by atoms with van der Waals surface area (Å²) >= 11 is 6.61. The molecular formula is C24H25ClN8O5. The van der Waals surface area contributed by atoms with Gasteiger partial charge in [0, 0.05) is 42.2 Å². The minimum absolute atomic E-state index is 0.0445. The first kappa shape index (κ1) is 27.7. The van der Waals surface area contributed by atoms with E-state index < -0.39 is 17.7 Å². The second kappa shape index (κ2) is 12.4. The lowest BCUT2D eigenvalue weighted by Crippen LogP contribution is -2.18. The van der Waals surface area contributed by atoms with Crippen molar-refractivity contribution in [1.82, 2.24) is 24.7 Å². The summed E-state index contributed by atoms with van der Waals surface area (Å²) in [7, 11) is 3.03. The molecule has 6 N–H and O–H groups in total. The second-order valence-corrected chi connectivity index (χ2v) is 8.00. The van der Waals surface area contributed by atoms with E-state index in [0.29, 0.717) is 33.3 Å². The first-order valence-electron chi connectivity index (χ1n) is 10.9. The number of H-pyrrole nitrogens is 1. The lowest BCUT2D eigenvalue weighted by molar-refractivity contribution is -0.134. The quantitative estimate of drug-likeness (QED) is 0.164. The fourth-order valence-corrected chi connectivity index (χ4v) is 3.57. The molecule has 2 aromatic heterocycles. The third kappa shape index (κ3) is 6.64. The number of ether oxygens (including phenoxy) is 2. The largest absolute Gasteiger partial charge is 0.493 e. The summed E-state index contributed by atoms with van der Waals surface area (Å²) < 4.78 is 11.8. The highest BCUT2D eigenvalue weighted by molar-refractivity contribution is 6.31. The number of aromatic nitrogens is 5. The molecule has 0 amide bonds. The SMILES string of the molecule is CC(=O)O.COc1cc(Cl)c(C(Nc2ccc(C(=N)N)cc2)c2nn(-c3ncccn3)c(=O)[nH]2)cc1OC. The second-order valence-electron chi connectivity index (χ2n) is 7.59. The Kier molecular flexibility index (Phi) is 9.00. The van der Waals surface area contributed by atoms with Crippen molar-refractivity contribution < 1.29 is 19.4 Å². The first-order valence-corrected chi connectivity index (χ1v) is 11.3. The van der Waals surface area contributed by atoms with E-state index in [1.165, 1.54) is 26.6 Å². The van der Waals surface area contributed by atoms with Crippen molar-refractivity contribution >= 4 is 29.1 Å². The summed E-state index contributed by atoms with van der Waals surface area (Å²) in [6.07, 6.45) is 3.03. The number of hydrogen-bond acceptors (Lipinski definition) is 9. The van der Waals surface area contributed by atoms with Crippen LogP contribution < -0.4 is 26.2 Å². The number of nitrogen functional groups attached to an aromatic ring is 1. The minimum atomic E-state index is -0.833. The molecule has 4 rings (SSSR count). The average molecular weight is 541 g/mol. The normalized spacial score (nSPS) is 11.1. The molecule has 2 aromatic carbocycles. The predicted octanol–water partition coefficient (Wildman–Crippen LogP) is 2.60. The van der Waals surface area contributed by atoms with Crippen molar-refractivity contribution in [2.45, 2.75) is 13.0 Å². The summed E-state index contributed by atoms with van der Waals surface area (Å²) in [6, 6.07) is 11.2. The van der Waals surface area contributed by atoms with E-state index in [-0.39, 0.29) is 17.6 Å². The molecule has 14 heteroatoms. The van der Waals surface area contributed by atoms with Gasteiger partial charge < -0.3 is 25.6 Å². The van der Waals surface area contributed by atoms with E-state index in [1.54, 1.807) is 42.5 Å². The Morgan fingerprint density at radius 2 is 1.74 bits per heavy atom. The topological polar surface area (TPSA) is 194 Å². The van der Waals surface area contributed by atoms with Crippen LogP contribution >= 0.6 is 11.6 Å². The van der Waals surface area contributed by atoms with Crippen LogP contribution in [0.2, 0.25) is 5.02 Å². The number of carbonyl (C=O) groups is 1. The van der Waals surface area contributed by atoms with Gasteiger partial charge in [-0.2, -0.15) is 0 Å². The van der Waals surface area contributed by atoms with Crippen molar-refractivity contribution in [1.29, 1.82) is 5.41 Å². The van der Waals surface area contributed by atoms with E-state index in [0.717, 1.165) is 11.6 Å². The predicted molar refractivity (Wildman–Crippen MR) is 141 cm³/mol. The van der Waals surface area contributed by atoms with Gasteiger partial charge in [-0.25, -0.2) is 14.8 Å². The Morgan fingerprint density at radius 1 is 1.16 bits per heavy atom. The molecule has 0 fully saturated rings. The number of carboxylic acid groups (broad SMARTS) is 1. The molecule has 4 aromatic rings. The van der Waals surface area contributed by atoms with Crippen LogP contribution in [0.1, 0.15) is 29.9 Å². The van der Waals surface area contributed by atoms with Crippen LogP contribution in [0.3, 0.4) is 0 Å². The van der Waals surface area contributed by atoms with Crippen LogP contribution in [0.4, 0.5) is 5.69 Å². The van der Waals surface area contributed by atoms with Crippen LogP contribution in [0, 0.1) is 5.41 Å². The summed E-state index contributed by atoms with van der Waals surface area (Å²) in [6.45, 7) is 1.08. The molecule has 198 valence electrons. The van der Waals surface area contributed by atoms with Gasteiger partial charge in [0.2, 0.25) is 0 Å². The maximum absolute atomic E-state index is 12.7. The monoisotopic (exact) mass is 540 g/mol. The molecule has 0 spiro atoms. The Bertz CT molecular complexity index is 1470. The molecule has 0 radical (unpaired) electrons. The van der Waals surface area contributed by atoms with Crippen LogP contribution in [0.25, 0.3) is 5.95 Å². The third-order valence-corrected chi connectivity index (χ3v) is 5.30. The van der Waals surface area contributed by atoms with Crippen molar-refractivity contribution in [3.63, 3.8) is 0 Å². The zero-order valence-electron chi connectivity index (χ0n) is 20.6. The molecule has 0 aliphatic carbocycles. The van der Waals surface area contributed by atoms with Crippen molar-refractivity contribution in [3.05, 3.63) is 87.3 Å². The number of benzene rings is 2. The number of aromatic amines is 1. The molecule has 13 nitrogen and oxygen atoms in total. The van der Waals surface area contributed by atoms with Crippen molar-refractivity contribution in [2.75, 3.05) is 19.5 Å². The van der Waals surface area contributed by atoms with Gasteiger partial charge in [0.15, 0.2) is 17.3 Å². The van der Waals surface area contributed by atoms with E-state index >= 15 is 0 Å². The summed E-state index contributed by atoms with van der Waals surface area (Å²) in [5.41, 5.74) is 6.86. The number of nitrogens with two attached hydrogens (primary N) is 1. The Hall–Kier alpha value is -4.91. The standard InChI is InChI=1S/C22H21ClN8O3.C2H4O2/c1-33-16-10-14(15(23)11-17(16)34-2)18(28-13-6-4-12(5-7-13)19(24)25)20-29-22(32)31(30-20)21-26-8-3-9-27-21;1-2(3)4/h3-11,18,28H,1-2H3,(H3,24,25)(H,29,30,32);1H3,(H,3,4). The molecule has 0 saturated carbocycles. The lowest BCUT2D eigenvalue weighted by Gasteiger charge is -2.21. The highest BCUT2D eigenvalue weighted by Crippen LogP contribution is 2.38. The molecule has 38 heavy (non-hydrogen) atoms. The van der Waals surface area contributed by atoms with Crippen LogP contribution in [0.15, 0.2) is 59.7 Å². The number of carboxylic acids is 1. The number of nitrogens with one attached hydrogen (secondary N) is 3. The molecular weight excluding hydrogens is 516 g/mol. The zero-order chi connectivity index (χ0) is 27.8. The number of methoxy groups -OCH3 is 2. The van der Waals surface area contributed by atoms with Crippen LogP contribution in [-0.4, -0.2) is 55.9 Å². The van der Waals surface area contributed by atoms with Gasteiger partial charge in [-0.3, -0.25) is 15.2 Å². The number of hydrogen-bond donors (Lipinski definition) is 5. The van der Waals surface area contributed by atoms with Gasteiger partial charge in [0.1, 0.15) is 11.9 Å². The van der Waals surface area contributed by atoms with Gasteiger partial charge in [-0.05, 0) is 36.4 Å². The smallest absolute Gasteiger partial charge is 0.350 e. The Labute approximate surface area is 221 Å². The fourth-order valence-electron chi connectivity index (χ4n) is 3.30. The van der Waals surface area contributed by atoms with Gasteiger partial charge in [0.05, 0.1) is 19.2 Å². The van der Waals surface area contributed by atoms with Crippen LogP contribution in [-0.2, 0) is 4.79 Å². The van der Waals surface area contributed by atoms with E-state index in [2.05, 4.69) is 25.4 Å². The third-order valence-electron chi connectivity index (χ3n) is 4.97. The summed E-state index contributed by atoms with van der Waals surface area (Å²) in [4.78, 5) is 32.6. The molecule has 0 saturated heterocycles. The fraction of sp³-hybridized carbons (Fsp3) is 0.167. The van der Waals surface area contributed by atoms with E-state index in [9.17, 15) is 4.79 Å². The zero-order valence-corrected chi connectivity index (χ0v) is 21.4. The summed E-state index contributed by atoms with van der Waals surface area (Å²) in [5, 5.41) is 23.1. The number of halogens is 1. The highest BCUT2D eigenvalue weighted by Gasteiger charge is 2.25. The Balaban J connectivity index is 0.000000934. The van der Waals surface area contributed by atoms with Gasteiger partial charge in [-0.15, -0.1) is 9.78 Å². The molecule has 1 unspecified atom stereocenters. The molecule has 0 aliphatic rings. The average Bonchev–Trinajstić information content (AvgIpc) is 3.29. The molecule has 1 atom stereocenters. The number of amidine groups is 1. The van der Waals surface area contributed by atoms with E-state index in [4.69, 9.17) is 42.1 Å². The number of rotatable bonds is 8. The van der Waals surface area contributed by atoms with Gasteiger partial charge in [-0.1, -0.05) is 11.6 Å². The molecule has 2 heterocycles. The number of nitrogens with zero attached hydrogens (tertiary/aromatic N) is 4. The highest BCUT2D eigenvalue weighted by atomic mass is 35.5. The van der Waals surface area contributed by atoms with Crippen LogP contribution in [0.5, 0.6) is 11.5 Å². The minimum Gasteiger partial charge on any atom is -0.493 e. The first-order chi connectivity index (χ1) is 18.1. The van der Waals surface area contributed by atoms with Gasteiger partial charge >= 0.3 is 5.69 Å². The number of anilines is 1. The molecule has 0 aliphatic heterocycles. The summed E-state index contributed by atoms with van der Waals surface area (Å²) in [5.74, 6) is 0.420. The Morgan fingerprint density at radius 3 is 2.29 bits per heavy atom. The van der Waals surface area contributed by atoms with E-state index in [1.807, 2.05) is 0 Å². The van der Waals surface area contributed by atoms with Crippen molar-refractivity contribution in [3.8, 4) is 17.4 Å². The van der Waals surface area contributed by atoms with Gasteiger partial charge in [0.25, 0.3) is 11.9 Å².